The van der Waals surface area contributed by atoms with E-state index in [0.29, 0.717) is 6.54 Å². The van der Waals surface area contributed by atoms with Crippen molar-refractivity contribution in [1.29, 1.82) is 0 Å². The van der Waals surface area contributed by atoms with Gasteiger partial charge in [0.15, 0.2) is 0 Å². The number of phenols is 1. The molecule has 0 unspecified atom stereocenters. The highest BCUT2D eigenvalue weighted by molar-refractivity contribution is 6.08. The van der Waals surface area contributed by atoms with Crippen molar-refractivity contribution in [2.24, 2.45) is 0 Å². The number of hydrogen-bond acceptors (Lipinski definition) is 2. The van der Waals surface area contributed by atoms with Crippen LogP contribution >= 0.6 is 0 Å². The Morgan fingerprint density at radius 3 is 2.80 bits per heavy atom. The number of anilines is 1. The lowest BCUT2D eigenvalue weighted by Crippen LogP contribution is -2.35. The van der Waals surface area contributed by atoms with Crippen LogP contribution in [0.3, 0.4) is 0 Å². The summed E-state index contributed by atoms with van der Waals surface area (Å²) in [6.45, 7) is 0.604. The fourth-order valence-corrected chi connectivity index (χ4v) is 2.58. The molecule has 1 aliphatic rings. The maximum absolute atomic E-state index is 13.0. The normalized spacial score (nSPS) is 13.9. The number of benzene rings is 2. The van der Waals surface area contributed by atoms with Gasteiger partial charge in [-0.15, -0.1) is 0 Å². The van der Waals surface area contributed by atoms with Crippen LogP contribution in [0.5, 0.6) is 5.75 Å². The molecule has 0 fully saturated rings. The molecule has 0 aliphatic carbocycles. The number of aromatic hydroxyl groups is 1. The van der Waals surface area contributed by atoms with Crippen LogP contribution in [0.4, 0.5) is 10.1 Å². The van der Waals surface area contributed by atoms with E-state index in [4.69, 9.17) is 0 Å². The lowest BCUT2D eigenvalue weighted by atomic mass is 10.0. The number of rotatable bonds is 1. The Morgan fingerprint density at radius 1 is 1.20 bits per heavy atom. The summed E-state index contributed by atoms with van der Waals surface area (Å²) in [5.74, 6) is -1.18. The highest BCUT2D eigenvalue weighted by Crippen LogP contribution is 2.30. The lowest BCUT2D eigenvalue weighted by molar-refractivity contribution is 0.0982. The Balaban J connectivity index is 2.00. The molecule has 3 rings (SSSR count). The van der Waals surface area contributed by atoms with Crippen LogP contribution in [0.2, 0.25) is 0 Å². The molecule has 0 saturated carbocycles. The minimum absolute atomic E-state index is 0.128. The van der Waals surface area contributed by atoms with Crippen molar-refractivity contribution in [3.8, 4) is 5.75 Å². The lowest BCUT2D eigenvalue weighted by Gasteiger charge is -2.29. The Hall–Kier alpha value is -2.36. The summed E-state index contributed by atoms with van der Waals surface area (Å²) >= 11 is 0. The van der Waals surface area contributed by atoms with Crippen LogP contribution in [0.1, 0.15) is 22.3 Å². The molecule has 0 radical (unpaired) electrons. The summed E-state index contributed by atoms with van der Waals surface area (Å²) in [7, 11) is 0. The first kappa shape index (κ1) is 12.7. The van der Waals surface area contributed by atoms with E-state index in [1.807, 2.05) is 24.3 Å². The Bertz CT molecular complexity index is 669. The van der Waals surface area contributed by atoms with E-state index < -0.39 is 5.82 Å². The first-order valence-electron chi connectivity index (χ1n) is 6.55. The predicted molar refractivity (Wildman–Crippen MR) is 74.5 cm³/mol. The number of amides is 1. The van der Waals surface area contributed by atoms with Crippen molar-refractivity contribution in [3.05, 3.63) is 59.4 Å². The SMILES string of the molecule is O=C(c1ccc(F)cc1O)N1CCCc2ccccc21. The van der Waals surface area contributed by atoms with Gasteiger partial charge in [0.25, 0.3) is 5.91 Å². The van der Waals surface area contributed by atoms with Gasteiger partial charge in [-0.05, 0) is 36.6 Å². The second kappa shape index (κ2) is 4.96. The highest BCUT2D eigenvalue weighted by atomic mass is 19.1. The third kappa shape index (κ3) is 2.13. The van der Waals surface area contributed by atoms with Gasteiger partial charge < -0.3 is 10.0 Å². The molecule has 1 amide bonds. The summed E-state index contributed by atoms with van der Waals surface area (Å²) in [6, 6.07) is 11.2. The average Bonchev–Trinajstić information content (AvgIpc) is 2.46. The van der Waals surface area contributed by atoms with Gasteiger partial charge in [0.2, 0.25) is 0 Å². The molecular formula is C16H14FNO2. The number of carbonyl (C=O) groups is 1. The predicted octanol–water partition coefficient (Wildman–Crippen LogP) is 3.12. The zero-order valence-corrected chi connectivity index (χ0v) is 10.8. The largest absolute Gasteiger partial charge is 0.507 e. The maximum Gasteiger partial charge on any atom is 0.262 e. The van der Waals surface area contributed by atoms with Crippen molar-refractivity contribution in [3.63, 3.8) is 0 Å². The number of halogens is 1. The second-order valence-corrected chi connectivity index (χ2v) is 4.85. The summed E-state index contributed by atoms with van der Waals surface area (Å²) in [5, 5.41) is 9.75. The third-order valence-electron chi connectivity index (χ3n) is 3.55. The minimum atomic E-state index is -0.557. The van der Waals surface area contributed by atoms with Gasteiger partial charge in [-0.2, -0.15) is 0 Å². The number of carbonyl (C=O) groups excluding carboxylic acids is 1. The second-order valence-electron chi connectivity index (χ2n) is 4.85. The first-order chi connectivity index (χ1) is 9.66. The molecule has 20 heavy (non-hydrogen) atoms. The summed E-state index contributed by atoms with van der Waals surface area (Å²) in [5.41, 5.74) is 2.12. The molecule has 0 aromatic heterocycles. The summed E-state index contributed by atoms with van der Waals surface area (Å²) in [6.07, 6.45) is 1.82. The fourth-order valence-electron chi connectivity index (χ4n) is 2.58. The highest BCUT2D eigenvalue weighted by Gasteiger charge is 2.25. The van der Waals surface area contributed by atoms with Crippen molar-refractivity contribution in [2.75, 3.05) is 11.4 Å². The van der Waals surface area contributed by atoms with Gasteiger partial charge >= 0.3 is 0 Å². The molecule has 0 bridgehead atoms. The molecule has 0 spiro atoms. The molecular weight excluding hydrogens is 257 g/mol. The van der Waals surface area contributed by atoms with Crippen LogP contribution in [0.25, 0.3) is 0 Å². The first-order valence-corrected chi connectivity index (χ1v) is 6.55. The van der Waals surface area contributed by atoms with Gasteiger partial charge in [-0.1, -0.05) is 18.2 Å². The molecule has 3 nitrogen and oxygen atoms in total. The van der Waals surface area contributed by atoms with Gasteiger partial charge in [-0.25, -0.2) is 4.39 Å². The zero-order chi connectivity index (χ0) is 14.1. The number of fused-ring (bicyclic) bond motifs is 1. The van der Waals surface area contributed by atoms with Gasteiger partial charge in [0.05, 0.1) is 5.56 Å². The fraction of sp³-hybridized carbons (Fsp3) is 0.188. The van der Waals surface area contributed by atoms with E-state index in [0.717, 1.165) is 30.2 Å². The quantitative estimate of drug-likeness (QED) is 0.865. The summed E-state index contributed by atoms with van der Waals surface area (Å²) < 4.78 is 13.0. The van der Waals surface area contributed by atoms with Gasteiger partial charge in [-0.3, -0.25) is 4.79 Å². The molecule has 1 aliphatic heterocycles. The van der Waals surface area contributed by atoms with E-state index in [2.05, 4.69) is 0 Å². The van der Waals surface area contributed by atoms with Crippen molar-refractivity contribution >= 4 is 11.6 Å². The van der Waals surface area contributed by atoms with Crippen molar-refractivity contribution in [2.45, 2.75) is 12.8 Å². The molecule has 102 valence electrons. The molecule has 1 heterocycles. The zero-order valence-electron chi connectivity index (χ0n) is 10.8. The van der Waals surface area contributed by atoms with E-state index >= 15 is 0 Å². The minimum Gasteiger partial charge on any atom is -0.507 e. The number of hydrogen-bond donors (Lipinski definition) is 1. The molecule has 2 aromatic carbocycles. The van der Waals surface area contributed by atoms with Crippen molar-refractivity contribution < 1.29 is 14.3 Å². The summed E-state index contributed by atoms with van der Waals surface area (Å²) in [4.78, 5) is 14.2. The monoisotopic (exact) mass is 271 g/mol. The number of nitrogens with zero attached hydrogens (tertiary/aromatic N) is 1. The van der Waals surface area contributed by atoms with Gasteiger partial charge in [0, 0.05) is 18.3 Å². The Morgan fingerprint density at radius 2 is 2.00 bits per heavy atom. The molecule has 4 heteroatoms. The van der Waals surface area contributed by atoms with Crippen LogP contribution in [-0.4, -0.2) is 17.6 Å². The van der Waals surface area contributed by atoms with E-state index in [1.165, 1.54) is 12.1 Å². The van der Waals surface area contributed by atoms with Crippen LogP contribution in [0.15, 0.2) is 42.5 Å². The molecule has 1 N–H and O–H groups in total. The van der Waals surface area contributed by atoms with Crippen molar-refractivity contribution in [1.82, 2.24) is 0 Å². The number of para-hydroxylation sites is 1. The topological polar surface area (TPSA) is 40.5 Å². The smallest absolute Gasteiger partial charge is 0.262 e. The maximum atomic E-state index is 13.0. The average molecular weight is 271 g/mol. The van der Waals surface area contributed by atoms with E-state index in [9.17, 15) is 14.3 Å². The number of aryl methyl sites for hydroxylation is 1. The van der Waals surface area contributed by atoms with Crippen LogP contribution in [0, 0.1) is 5.82 Å². The Kier molecular flexibility index (Phi) is 3.14. The molecule has 0 saturated heterocycles. The van der Waals surface area contributed by atoms with Gasteiger partial charge in [0.1, 0.15) is 11.6 Å². The van der Waals surface area contributed by atoms with E-state index in [1.54, 1.807) is 4.90 Å². The molecule has 2 aromatic rings. The standard InChI is InChI=1S/C16H14FNO2/c17-12-7-8-13(15(19)10-12)16(20)18-9-3-5-11-4-1-2-6-14(11)18/h1-2,4,6-8,10,19H,3,5,9H2. The third-order valence-corrected chi connectivity index (χ3v) is 3.55. The molecule has 0 atom stereocenters. The van der Waals surface area contributed by atoms with E-state index in [-0.39, 0.29) is 17.2 Å². The van der Waals surface area contributed by atoms with Crippen LogP contribution in [-0.2, 0) is 6.42 Å². The van der Waals surface area contributed by atoms with Crippen LogP contribution < -0.4 is 4.90 Å². The Labute approximate surface area is 116 Å². The number of phenolic OH excluding ortho intramolecular Hbond substituents is 1.